The number of fused-ring (bicyclic) bond motifs is 1. The molecule has 29 heavy (non-hydrogen) atoms. The lowest BCUT2D eigenvalue weighted by Crippen LogP contribution is -2.34. The molecule has 2 unspecified atom stereocenters. The summed E-state index contributed by atoms with van der Waals surface area (Å²) in [6, 6.07) is 7.88. The highest BCUT2D eigenvalue weighted by Crippen LogP contribution is 2.38. The summed E-state index contributed by atoms with van der Waals surface area (Å²) < 4.78 is 5.18. The van der Waals surface area contributed by atoms with Gasteiger partial charge in [0.05, 0.1) is 5.38 Å². The first-order chi connectivity index (χ1) is 13.8. The number of halogens is 2. The second kappa shape index (κ2) is 9.81. The number of rotatable bonds is 5. The Bertz CT molecular complexity index is 831. The van der Waals surface area contributed by atoms with Crippen molar-refractivity contribution in [3.63, 3.8) is 0 Å². The molecule has 1 amide bonds. The molecule has 0 saturated carbocycles. The van der Waals surface area contributed by atoms with Crippen LogP contribution in [0.1, 0.15) is 11.5 Å². The summed E-state index contributed by atoms with van der Waals surface area (Å²) >= 11 is 12.7. The molecule has 0 aromatic heterocycles. The Hall–Kier alpha value is -1.79. The molecule has 2 atom stereocenters. The van der Waals surface area contributed by atoms with Gasteiger partial charge in [-0.25, -0.2) is 4.79 Å². The lowest BCUT2D eigenvalue weighted by molar-refractivity contribution is 0.151. The average molecular weight is 436 g/mol. The fourth-order valence-corrected chi connectivity index (χ4v) is 4.18. The molecule has 1 saturated heterocycles. The SMILES string of the molecule is CN(C)CCOC(=O)Nc1ccc(C2CN(C)CC3=CC(Cl)C=C(Cl)C=C32)cc1. The smallest absolute Gasteiger partial charge is 0.411 e. The highest BCUT2D eigenvalue weighted by atomic mass is 35.5. The van der Waals surface area contributed by atoms with Crippen molar-refractivity contribution in [1.29, 1.82) is 0 Å². The summed E-state index contributed by atoms with van der Waals surface area (Å²) in [5.74, 6) is 0.185. The molecule has 1 aliphatic carbocycles. The third-order valence-electron chi connectivity index (χ3n) is 4.98. The molecule has 1 aromatic carbocycles. The van der Waals surface area contributed by atoms with E-state index in [-0.39, 0.29) is 11.3 Å². The molecule has 7 heteroatoms. The zero-order valence-electron chi connectivity index (χ0n) is 17.0. The Morgan fingerprint density at radius 2 is 2.00 bits per heavy atom. The fraction of sp³-hybridized carbons (Fsp3) is 0.409. The van der Waals surface area contributed by atoms with E-state index in [1.165, 1.54) is 11.1 Å². The van der Waals surface area contributed by atoms with Crippen LogP contribution in [0.2, 0.25) is 0 Å². The third-order valence-corrected chi connectivity index (χ3v) is 5.47. The van der Waals surface area contributed by atoms with Crippen LogP contribution in [0.3, 0.4) is 0 Å². The minimum Gasteiger partial charge on any atom is -0.448 e. The van der Waals surface area contributed by atoms with E-state index in [0.29, 0.717) is 23.9 Å². The summed E-state index contributed by atoms with van der Waals surface area (Å²) in [4.78, 5) is 16.2. The van der Waals surface area contributed by atoms with Crippen molar-refractivity contribution in [1.82, 2.24) is 9.80 Å². The first kappa shape index (κ1) is 21.9. The summed E-state index contributed by atoms with van der Waals surface area (Å²) in [5.41, 5.74) is 4.29. The van der Waals surface area contributed by atoms with E-state index in [1.54, 1.807) is 0 Å². The summed E-state index contributed by atoms with van der Waals surface area (Å²) in [7, 11) is 5.97. The summed E-state index contributed by atoms with van der Waals surface area (Å²) in [5, 5.41) is 3.23. The van der Waals surface area contributed by atoms with Gasteiger partial charge in [0.25, 0.3) is 0 Å². The normalized spacial score (nSPS) is 22.2. The summed E-state index contributed by atoms with van der Waals surface area (Å²) in [6.07, 6.45) is 5.51. The quantitative estimate of drug-likeness (QED) is 0.695. The number of ether oxygens (including phenoxy) is 1. The molecule has 2 aliphatic rings. The zero-order valence-corrected chi connectivity index (χ0v) is 18.5. The van der Waals surface area contributed by atoms with Crippen molar-refractivity contribution >= 4 is 35.0 Å². The monoisotopic (exact) mass is 435 g/mol. The van der Waals surface area contributed by atoms with E-state index in [4.69, 9.17) is 27.9 Å². The molecule has 1 aromatic rings. The Balaban J connectivity index is 1.72. The predicted molar refractivity (Wildman–Crippen MR) is 120 cm³/mol. The van der Waals surface area contributed by atoms with E-state index < -0.39 is 6.09 Å². The topological polar surface area (TPSA) is 44.8 Å². The van der Waals surface area contributed by atoms with Crippen LogP contribution < -0.4 is 5.32 Å². The van der Waals surface area contributed by atoms with Crippen molar-refractivity contribution in [2.45, 2.75) is 11.3 Å². The standard InChI is InChI=1S/C22H27Cl2N3O2/c1-26(2)8-9-29-22(28)25-19-6-4-15(5-7-19)21-14-27(3)13-16-10-17(23)11-18(24)12-20(16)21/h4-7,10-12,17,21H,8-9,13-14H2,1-3H3,(H,25,28). The van der Waals surface area contributed by atoms with Crippen LogP contribution in [0.25, 0.3) is 0 Å². The maximum atomic E-state index is 11.9. The molecule has 0 bridgehead atoms. The molecule has 0 radical (unpaired) electrons. The number of likely N-dealkylation sites (tertiary alicyclic amines) is 1. The highest BCUT2D eigenvalue weighted by Gasteiger charge is 2.29. The predicted octanol–water partition coefficient (Wildman–Crippen LogP) is 4.42. The third kappa shape index (κ3) is 6.09. The van der Waals surface area contributed by atoms with Crippen molar-refractivity contribution in [2.24, 2.45) is 0 Å². The van der Waals surface area contributed by atoms with Crippen molar-refractivity contribution in [3.05, 3.63) is 64.2 Å². The number of likely N-dealkylation sites (N-methyl/N-ethyl adjacent to an activating group) is 2. The number of piperidine rings is 1. The maximum absolute atomic E-state index is 11.9. The lowest BCUT2D eigenvalue weighted by atomic mass is 9.82. The molecule has 5 nitrogen and oxygen atoms in total. The number of hydrogen-bond donors (Lipinski definition) is 1. The van der Waals surface area contributed by atoms with E-state index in [0.717, 1.165) is 18.7 Å². The van der Waals surface area contributed by atoms with E-state index in [1.807, 2.05) is 55.4 Å². The van der Waals surface area contributed by atoms with Crippen molar-refractivity contribution in [3.8, 4) is 0 Å². The number of nitrogens with one attached hydrogen (secondary N) is 1. The maximum Gasteiger partial charge on any atom is 0.411 e. The lowest BCUT2D eigenvalue weighted by Gasteiger charge is -2.35. The molecular weight excluding hydrogens is 409 g/mol. The Morgan fingerprint density at radius 3 is 2.69 bits per heavy atom. The number of hydrogen-bond acceptors (Lipinski definition) is 4. The first-order valence-corrected chi connectivity index (χ1v) is 10.4. The number of nitrogens with zero attached hydrogens (tertiary/aromatic N) is 2. The van der Waals surface area contributed by atoms with Crippen LogP contribution in [-0.4, -0.2) is 68.7 Å². The Morgan fingerprint density at radius 1 is 1.28 bits per heavy atom. The van der Waals surface area contributed by atoms with Crippen LogP contribution >= 0.6 is 23.2 Å². The number of benzene rings is 1. The van der Waals surface area contributed by atoms with Crippen LogP contribution in [-0.2, 0) is 4.74 Å². The molecule has 0 spiro atoms. The number of alkyl halides is 1. The molecule has 1 N–H and O–H groups in total. The van der Waals surface area contributed by atoms with E-state index >= 15 is 0 Å². The highest BCUT2D eigenvalue weighted by molar-refractivity contribution is 6.32. The average Bonchev–Trinajstić information content (AvgIpc) is 2.78. The van der Waals surface area contributed by atoms with Gasteiger partial charge >= 0.3 is 6.09 Å². The summed E-state index contributed by atoms with van der Waals surface area (Å²) in [6.45, 7) is 2.78. The van der Waals surface area contributed by atoms with Crippen LogP contribution in [0, 0.1) is 0 Å². The molecule has 156 valence electrons. The number of anilines is 1. The minimum atomic E-state index is -0.446. The van der Waals surface area contributed by atoms with Gasteiger partial charge in [-0.1, -0.05) is 29.8 Å². The van der Waals surface area contributed by atoms with Gasteiger partial charge in [-0.05, 0) is 62.1 Å². The van der Waals surface area contributed by atoms with Gasteiger partial charge in [-0.15, -0.1) is 11.6 Å². The number of allylic oxidation sites excluding steroid dienone is 4. The molecule has 1 aliphatic heterocycles. The molecule has 1 heterocycles. The molecular formula is C22H27Cl2N3O2. The van der Waals surface area contributed by atoms with E-state index in [9.17, 15) is 4.79 Å². The van der Waals surface area contributed by atoms with Crippen molar-refractivity contribution < 1.29 is 9.53 Å². The van der Waals surface area contributed by atoms with E-state index in [2.05, 4.69) is 23.3 Å². The second-order valence-corrected chi connectivity index (χ2v) is 8.66. The number of carbonyl (C=O) groups excluding carboxylic acids is 1. The van der Waals surface area contributed by atoms with Crippen LogP contribution in [0.4, 0.5) is 10.5 Å². The zero-order chi connectivity index (χ0) is 21.0. The fourth-order valence-electron chi connectivity index (χ4n) is 3.57. The number of carbonyl (C=O) groups is 1. The first-order valence-electron chi connectivity index (χ1n) is 9.63. The Labute approximate surface area is 182 Å². The Kier molecular flexibility index (Phi) is 7.41. The molecule has 1 fully saturated rings. The largest absolute Gasteiger partial charge is 0.448 e. The van der Waals surface area contributed by atoms with Crippen molar-refractivity contribution in [2.75, 3.05) is 52.7 Å². The second-order valence-electron chi connectivity index (χ2n) is 7.72. The minimum absolute atomic E-state index is 0.185. The van der Waals surface area contributed by atoms with Gasteiger partial charge < -0.3 is 14.5 Å². The van der Waals surface area contributed by atoms with Crippen LogP contribution in [0.15, 0.2) is 58.7 Å². The van der Waals surface area contributed by atoms with Gasteiger partial charge in [0, 0.05) is 36.3 Å². The van der Waals surface area contributed by atoms with Gasteiger partial charge in [0.2, 0.25) is 0 Å². The van der Waals surface area contributed by atoms with Gasteiger partial charge in [-0.2, -0.15) is 0 Å². The van der Waals surface area contributed by atoms with Gasteiger partial charge in [-0.3, -0.25) is 5.32 Å². The van der Waals surface area contributed by atoms with Crippen LogP contribution in [0.5, 0.6) is 0 Å². The molecule has 3 rings (SSSR count). The van der Waals surface area contributed by atoms with Gasteiger partial charge in [0.1, 0.15) is 6.61 Å². The van der Waals surface area contributed by atoms with Gasteiger partial charge in [0.15, 0.2) is 0 Å². The number of amides is 1.